The minimum absolute atomic E-state index is 0.229. The first-order chi connectivity index (χ1) is 8.84. The van der Waals surface area contributed by atoms with Crippen molar-refractivity contribution in [3.05, 3.63) is 41.0 Å². The summed E-state index contributed by atoms with van der Waals surface area (Å²) in [5, 5.41) is 3.52. The van der Waals surface area contributed by atoms with Crippen LogP contribution in [0.2, 0.25) is 0 Å². The lowest BCUT2D eigenvalue weighted by molar-refractivity contribution is 0.590. The van der Waals surface area contributed by atoms with Crippen molar-refractivity contribution in [2.45, 2.75) is 59.4 Å². The molecule has 0 saturated heterocycles. The van der Waals surface area contributed by atoms with Gasteiger partial charge in [0, 0.05) is 6.04 Å². The molecule has 0 aromatic heterocycles. The van der Waals surface area contributed by atoms with Crippen molar-refractivity contribution in [1.82, 2.24) is 5.32 Å². The summed E-state index contributed by atoms with van der Waals surface area (Å²) in [5.41, 5.74) is 4.29. The Morgan fingerprint density at radius 2 is 1.79 bits per heavy atom. The lowest BCUT2D eigenvalue weighted by atomic mass is 9.86. The van der Waals surface area contributed by atoms with Gasteiger partial charge in [0.1, 0.15) is 0 Å². The van der Waals surface area contributed by atoms with E-state index < -0.39 is 0 Å². The highest BCUT2D eigenvalue weighted by Crippen LogP contribution is 2.22. The number of rotatable bonds is 5. The second-order valence-electron chi connectivity index (χ2n) is 6.44. The molecule has 0 bridgehead atoms. The Morgan fingerprint density at radius 1 is 1.21 bits per heavy atom. The standard InChI is InChI=1S/C18H29N/c1-7-12-19-15(3)14(2)13-16-8-10-17(11-9-16)18(4,5)6/h8-11,13,15,19H,7,12H2,1-6H3/b14-13+. The molecule has 0 fully saturated rings. The molecular formula is C18H29N. The molecule has 0 radical (unpaired) electrons. The molecule has 1 aromatic rings. The summed E-state index contributed by atoms with van der Waals surface area (Å²) in [7, 11) is 0. The monoisotopic (exact) mass is 259 g/mol. The predicted molar refractivity (Wildman–Crippen MR) is 86.5 cm³/mol. The smallest absolute Gasteiger partial charge is 0.0251 e. The molecule has 0 saturated carbocycles. The number of benzene rings is 1. The Labute approximate surface area is 119 Å². The van der Waals surface area contributed by atoms with Crippen LogP contribution in [-0.4, -0.2) is 12.6 Å². The van der Waals surface area contributed by atoms with Gasteiger partial charge in [0.2, 0.25) is 0 Å². The fourth-order valence-corrected chi connectivity index (χ4v) is 1.99. The average Bonchev–Trinajstić information content (AvgIpc) is 2.35. The number of hydrogen-bond donors (Lipinski definition) is 1. The van der Waals surface area contributed by atoms with E-state index in [9.17, 15) is 0 Å². The van der Waals surface area contributed by atoms with Crippen molar-refractivity contribution in [3.63, 3.8) is 0 Å². The maximum absolute atomic E-state index is 3.52. The van der Waals surface area contributed by atoms with E-state index in [1.807, 2.05) is 0 Å². The van der Waals surface area contributed by atoms with Gasteiger partial charge in [0.05, 0.1) is 0 Å². The molecule has 1 rings (SSSR count). The summed E-state index contributed by atoms with van der Waals surface area (Å²) in [4.78, 5) is 0. The second-order valence-corrected chi connectivity index (χ2v) is 6.44. The summed E-state index contributed by atoms with van der Waals surface area (Å²) >= 11 is 0. The molecule has 106 valence electrons. The first-order valence-corrected chi connectivity index (χ1v) is 7.36. The maximum Gasteiger partial charge on any atom is 0.0251 e. The van der Waals surface area contributed by atoms with E-state index in [4.69, 9.17) is 0 Å². The van der Waals surface area contributed by atoms with Crippen LogP contribution in [0.4, 0.5) is 0 Å². The van der Waals surface area contributed by atoms with E-state index in [-0.39, 0.29) is 5.41 Å². The van der Waals surface area contributed by atoms with Gasteiger partial charge < -0.3 is 5.32 Å². The van der Waals surface area contributed by atoms with Gasteiger partial charge in [-0.3, -0.25) is 0 Å². The molecule has 0 aliphatic rings. The van der Waals surface area contributed by atoms with E-state index in [1.165, 1.54) is 23.1 Å². The van der Waals surface area contributed by atoms with Gasteiger partial charge in [0.25, 0.3) is 0 Å². The molecule has 0 spiro atoms. The quantitative estimate of drug-likeness (QED) is 0.802. The van der Waals surface area contributed by atoms with Crippen LogP contribution in [0.25, 0.3) is 6.08 Å². The maximum atomic E-state index is 3.52. The van der Waals surface area contributed by atoms with Crippen LogP contribution in [0, 0.1) is 0 Å². The van der Waals surface area contributed by atoms with Gasteiger partial charge in [-0.25, -0.2) is 0 Å². The largest absolute Gasteiger partial charge is 0.311 e. The lowest BCUT2D eigenvalue weighted by Crippen LogP contribution is -2.27. The predicted octanol–water partition coefficient (Wildman–Crippen LogP) is 4.78. The van der Waals surface area contributed by atoms with E-state index in [2.05, 4.69) is 77.2 Å². The normalized spacial score (nSPS) is 14.5. The van der Waals surface area contributed by atoms with Crippen LogP contribution in [-0.2, 0) is 5.41 Å². The zero-order valence-corrected chi connectivity index (χ0v) is 13.4. The van der Waals surface area contributed by atoms with Gasteiger partial charge >= 0.3 is 0 Å². The van der Waals surface area contributed by atoms with Crippen LogP contribution in [0.15, 0.2) is 29.8 Å². The van der Waals surface area contributed by atoms with Crippen LogP contribution in [0.5, 0.6) is 0 Å². The third kappa shape index (κ3) is 5.20. The van der Waals surface area contributed by atoms with Gasteiger partial charge in [0.15, 0.2) is 0 Å². The Kier molecular flexibility index (Phi) is 5.81. The van der Waals surface area contributed by atoms with Crippen molar-refractivity contribution >= 4 is 6.08 Å². The molecule has 1 N–H and O–H groups in total. The van der Waals surface area contributed by atoms with Crippen molar-refractivity contribution in [2.75, 3.05) is 6.54 Å². The summed E-state index contributed by atoms with van der Waals surface area (Å²) in [6.45, 7) is 14.5. The zero-order chi connectivity index (χ0) is 14.5. The SMILES string of the molecule is CCCNC(C)/C(C)=C/c1ccc(C(C)(C)C)cc1. The van der Waals surface area contributed by atoms with Gasteiger partial charge in [-0.15, -0.1) is 0 Å². The van der Waals surface area contributed by atoms with Crippen LogP contribution in [0.3, 0.4) is 0 Å². The molecule has 1 heteroatoms. The molecule has 19 heavy (non-hydrogen) atoms. The highest BCUT2D eigenvalue weighted by atomic mass is 14.9. The minimum Gasteiger partial charge on any atom is -0.311 e. The highest BCUT2D eigenvalue weighted by Gasteiger charge is 2.12. The van der Waals surface area contributed by atoms with E-state index in [0.717, 1.165) is 6.54 Å². The van der Waals surface area contributed by atoms with E-state index in [1.54, 1.807) is 0 Å². The molecular weight excluding hydrogens is 230 g/mol. The molecule has 0 heterocycles. The molecule has 0 amide bonds. The molecule has 0 aliphatic heterocycles. The lowest BCUT2D eigenvalue weighted by Gasteiger charge is -2.19. The van der Waals surface area contributed by atoms with Crippen LogP contribution >= 0.6 is 0 Å². The molecule has 1 nitrogen and oxygen atoms in total. The Bertz CT molecular complexity index is 406. The molecule has 1 atom stereocenters. The van der Waals surface area contributed by atoms with Crippen molar-refractivity contribution < 1.29 is 0 Å². The Morgan fingerprint density at radius 3 is 2.26 bits per heavy atom. The summed E-state index contributed by atoms with van der Waals surface area (Å²) in [6.07, 6.45) is 3.46. The number of nitrogens with one attached hydrogen (secondary N) is 1. The average molecular weight is 259 g/mol. The van der Waals surface area contributed by atoms with Crippen molar-refractivity contribution in [1.29, 1.82) is 0 Å². The summed E-state index contributed by atoms with van der Waals surface area (Å²) < 4.78 is 0. The van der Waals surface area contributed by atoms with Crippen LogP contribution < -0.4 is 5.32 Å². The fourth-order valence-electron chi connectivity index (χ4n) is 1.99. The Balaban J connectivity index is 2.76. The number of hydrogen-bond acceptors (Lipinski definition) is 1. The minimum atomic E-state index is 0.229. The van der Waals surface area contributed by atoms with Gasteiger partial charge in [-0.05, 0) is 43.4 Å². The van der Waals surface area contributed by atoms with Gasteiger partial charge in [-0.2, -0.15) is 0 Å². The van der Waals surface area contributed by atoms with Crippen molar-refractivity contribution in [2.24, 2.45) is 0 Å². The molecule has 1 unspecified atom stereocenters. The van der Waals surface area contributed by atoms with E-state index >= 15 is 0 Å². The second kappa shape index (κ2) is 6.91. The van der Waals surface area contributed by atoms with Crippen molar-refractivity contribution in [3.8, 4) is 0 Å². The Hall–Kier alpha value is -1.08. The van der Waals surface area contributed by atoms with E-state index in [0.29, 0.717) is 6.04 Å². The zero-order valence-electron chi connectivity index (χ0n) is 13.4. The topological polar surface area (TPSA) is 12.0 Å². The first kappa shape index (κ1) is 16.0. The summed E-state index contributed by atoms with van der Waals surface area (Å²) in [6, 6.07) is 9.36. The van der Waals surface area contributed by atoms with Crippen LogP contribution in [0.1, 0.15) is 59.1 Å². The molecule has 0 aliphatic carbocycles. The third-order valence-corrected chi connectivity index (χ3v) is 3.55. The third-order valence-electron chi connectivity index (χ3n) is 3.55. The van der Waals surface area contributed by atoms with Gasteiger partial charge in [-0.1, -0.05) is 63.6 Å². The summed E-state index contributed by atoms with van der Waals surface area (Å²) in [5.74, 6) is 0. The molecule has 1 aromatic carbocycles. The highest BCUT2D eigenvalue weighted by molar-refractivity contribution is 5.54. The fraction of sp³-hybridized carbons (Fsp3) is 0.556. The first-order valence-electron chi connectivity index (χ1n) is 7.36.